The summed E-state index contributed by atoms with van der Waals surface area (Å²) < 4.78 is 16.9. The Morgan fingerprint density at radius 1 is 1.03 bits per heavy atom. The molecular formula is C22H25BrN2O6. The van der Waals surface area contributed by atoms with Crippen molar-refractivity contribution < 1.29 is 28.6 Å². The summed E-state index contributed by atoms with van der Waals surface area (Å²) in [7, 11) is 0. The average Bonchev–Trinajstić information content (AvgIpc) is 2.73. The lowest BCUT2D eigenvalue weighted by atomic mass is 10.1. The second-order valence-electron chi connectivity index (χ2n) is 6.70. The summed E-state index contributed by atoms with van der Waals surface area (Å²) >= 11 is 3.42. The lowest BCUT2D eigenvalue weighted by Gasteiger charge is -2.18. The first-order chi connectivity index (χ1) is 14.7. The van der Waals surface area contributed by atoms with Gasteiger partial charge in [0.2, 0.25) is 0 Å². The number of esters is 1. The molecule has 1 atom stereocenters. The lowest BCUT2D eigenvalue weighted by Crippen LogP contribution is -2.48. The number of hydrazine groups is 1. The molecular weight excluding hydrogens is 468 g/mol. The fourth-order valence-corrected chi connectivity index (χ4v) is 3.32. The second-order valence-corrected chi connectivity index (χ2v) is 7.62. The summed E-state index contributed by atoms with van der Waals surface area (Å²) in [4.78, 5) is 35.8. The van der Waals surface area contributed by atoms with Crippen molar-refractivity contribution in [3.05, 3.63) is 57.6 Å². The number of nitrogens with one attached hydrogen (secondary N) is 2. The van der Waals surface area contributed by atoms with Gasteiger partial charge in [-0.3, -0.25) is 20.4 Å². The molecule has 8 nitrogen and oxygen atoms in total. The zero-order valence-electron chi connectivity index (χ0n) is 17.8. The van der Waals surface area contributed by atoms with Crippen LogP contribution in [0.3, 0.4) is 0 Å². The number of carbonyl (C=O) groups is 3. The van der Waals surface area contributed by atoms with E-state index in [0.29, 0.717) is 17.1 Å². The molecule has 2 N–H and O–H groups in total. The molecule has 0 aliphatic rings. The Balaban J connectivity index is 1.79. The molecule has 0 bridgehead atoms. The van der Waals surface area contributed by atoms with Crippen molar-refractivity contribution >= 4 is 33.7 Å². The van der Waals surface area contributed by atoms with Gasteiger partial charge in [-0.25, -0.2) is 4.79 Å². The molecule has 0 aliphatic carbocycles. The van der Waals surface area contributed by atoms with Crippen LogP contribution >= 0.6 is 15.9 Å². The van der Waals surface area contributed by atoms with Crippen LogP contribution in [-0.2, 0) is 14.3 Å². The van der Waals surface area contributed by atoms with Crippen molar-refractivity contribution in [2.75, 3.05) is 13.2 Å². The van der Waals surface area contributed by atoms with Crippen LogP contribution in [0.25, 0.3) is 0 Å². The van der Waals surface area contributed by atoms with E-state index in [-0.39, 0.29) is 13.2 Å². The number of hydrogen-bond donors (Lipinski definition) is 2. The molecule has 2 aromatic rings. The Bertz CT molecular complexity index is 923. The molecule has 0 aromatic heterocycles. The highest BCUT2D eigenvalue weighted by Crippen LogP contribution is 2.28. The van der Waals surface area contributed by atoms with Gasteiger partial charge in [-0.15, -0.1) is 0 Å². The maximum absolute atomic E-state index is 12.2. The van der Waals surface area contributed by atoms with Crippen molar-refractivity contribution in [2.45, 2.75) is 33.8 Å². The maximum atomic E-state index is 12.2. The third-order valence-corrected chi connectivity index (χ3v) is 4.61. The predicted molar refractivity (Wildman–Crippen MR) is 118 cm³/mol. The molecule has 1 unspecified atom stereocenters. The van der Waals surface area contributed by atoms with E-state index < -0.39 is 23.9 Å². The Morgan fingerprint density at radius 3 is 2.23 bits per heavy atom. The minimum absolute atomic E-state index is 0.287. The fourth-order valence-electron chi connectivity index (χ4n) is 2.63. The van der Waals surface area contributed by atoms with E-state index in [9.17, 15) is 14.4 Å². The van der Waals surface area contributed by atoms with Gasteiger partial charge in [0, 0.05) is 4.47 Å². The van der Waals surface area contributed by atoms with Crippen LogP contribution < -0.4 is 20.3 Å². The van der Waals surface area contributed by atoms with Crippen LogP contribution in [-0.4, -0.2) is 37.1 Å². The van der Waals surface area contributed by atoms with Crippen LogP contribution in [0.4, 0.5) is 0 Å². The smallest absolute Gasteiger partial charge is 0.338 e. The van der Waals surface area contributed by atoms with E-state index in [2.05, 4.69) is 26.8 Å². The molecule has 2 aromatic carbocycles. The molecule has 0 radical (unpaired) electrons. The number of halogens is 1. The monoisotopic (exact) mass is 492 g/mol. The maximum Gasteiger partial charge on any atom is 0.338 e. The summed E-state index contributed by atoms with van der Waals surface area (Å²) in [6.07, 6.45) is -0.824. The molecule has 0 fully saturated rings. The molecule has 2 rings (SSSR count). The predicted octanol–water partition coefficient (Wildman–Crippen LogP) is 3.24. The second kappa shape index (κ2) is 11.4. The van der Waals surface area contributed by atoms with E-state index in [0.717, 1.165) is 15.6 Å². The van der Waals surface area contributed by atoms with Crippen molar-refractivity contribution in [3.8, 4) is 11.5 Å². The fraction of sp³-hybridized carbons (Fsp3) is 0.318. The zero-order valence-corrected chi connectivity index (χ0v) is 19.4. The number of hydrogen-bond acceptors (Lipinski definition) is 6. The van der Waals surface area contributed by atoms with Gasteiger partial charge in [-0.2, -0.15) is 0 Å². The highest BCUT2D eigenvalue weighted by molar-refractivity contribution is 9.10. The average molecular weight is 493 g/mol. The molecule has 9 heteroatoms. The Labute approximate surface area is 189 Å². The van der Waals surface area contributed by atoms with Gasteiger partial charge in [-0.05, 0) is 75.2 Å². The molecule has 2 amide bonds. The SMILES string of the molecule is CCOC(=O)c1ccc(OCC(=O)NNC(=O)C(C)Oc2c(C)cc(Br)cc2C)cc1. The van der Waals surface area contributed by atoms with Crippen LogP contribution in [0.15, 0.2) is 40.9 Å². The number of amides is 2. The van der Waals surface area contributed by atoms with E-state index in [4.69, 9.17) is 14.2 Å². The first-order valence-electron chi connectivity index (χ1n) is 9.63. The van der Waals surface area contributed by atoms with Crippen molar-refractivity contribution in [3.63, 3.8) is 0 Å². The molecule has 0 aliphatic heterocycles. The minimum atomic E-state index is -0.824. The van der Waals surface area contributed by atoms with Gasteiger partial charge in [0.15, 0.2) is 12.7 Å². The molecule has 166 valence electrons. The summed E-state index contributed by atoms with van der Waals surface area (Å²) in [6, 6.07) is 9.97. The van der Waals surface area contributed by atoms with Gasteiger partial charge in [-0.1, -0.05) is 15.9 Å². The minimum Gasteiger partial charge on any atom is -0.484 e. The first kappa shape index (κ1) is 24.2. The number of rotatable bonds is 8. The standard InChI is InChI=1S/C22H25BrN2O6/c1-5-29-22(28)16-6-8-18(9-7-16)30-12-19(26)24-25-21(27)15(4)31-20-13(2)10-17(23)11-14(20)3/h6-11,15H,5,12H2,1-4H3,(H,24,26)(H,25,27). The third kappa shape index (κ3) is 7.29. The van der Waals surface area contributed by atoms with Crippen LogP contribution in [0, 0.1) is 13.8 Å². The number of aryl methyl sites for hydroxylation is 2. The number of ether oxygens (including phenoxy) is 3. The van der Waals surface area contributed by atoms with E-state index in [1.165, 1.54) is 12.1 Å². The van der Waals surface area contributed by atoms with Gasteiger partial charge < -0.3 is 14.2 Å². The third-order valence-electron chi connectivity index (χ3n) is 4.15. The van der Waals surface area contributed by atoms with Crippen molar-refractivity contribution in [1.82, 2.24) is 10.9 Å². The Morgan fingerprint density at radius 2 is 1.65 bits per heavy atom. The van der Waals surface area contributed by atoms with Gasteiger partial charge in [0.05, 0.1) is 12.2 Å². The van der Waals surface area contributed by atoms with Crippen LogP contribution in [0.5, 0.6) is 11.5 Å². The highest BCUT2D eigenvalue weighted by atomic mass is 79.9. The number of carbonyl (C=O) groups excluding carboxylic acids is 3. The molecule has 0 saturated heterocycles. The van der Waals surface area contributed by atoms with Gasteiger partial charge in [0.25, 0.3) is 11.8 Å². The van der Waals surface area contributed by atoms with E-state index in [1.54, 1.807) is 26.0 Å². The topological polar surface area (TPSA) is 103 Å². The largest absolute Gasteiger partial charge is 0.484 e. The molecule has 31 heavy (non-hydrogen) atoms. The Kier molecular flexibility index (Phi) is 8.87. The van der Waals surface area contributed by atoms with Crippen molar-refractivity contribution in [1.29, 1.82) is 0 Å². The molecule has 0 heterocycles. The van der Waals surface area contributed by atoms with Gasteiger partial charge >= 0.3 is 5.97 Å². The van der Waals surface area contributed by atoms with E-state index >= 15 is 0 Å². The zero-order chi connectivity index (χ0) is 23.0. The molecule has 0 saturated carbocycles. The van der Waals surface area contributed by atoms with Gasteiger partial charge in [0.1, 0.15) is 11.5 Å². The number of benzene rings is 2. The molecule has 0 spiro atoms. The lowest BCUT2D eigenvalue weighted by molar-refractivity contribution is -0.133. The van der Waals surface area contributed by atoms with Crippen LogP contribution in [0.2, 0.25) is 0 Å². The summed E-state index contributed by atoms with van der Waals surface area (Å²) in [5, 5.41) is 0. The quantitative estimate of drug-likeness (QED) is 0.433. The normalized spacial score (nSPS) is 11.3. The summed E-state index contributed by atoms with van der Waals surface area (Å²) in [5.74, 6) is -0.474. The summed E-state index contributed by atoms with van der Waals surface area (Å²) in [5.41, 5.74) is 6.75. The summed E-state index contributed by atoms with van der Waals surface area (Å²) in [6.45, 7) is 7.05. The van der Waals surface area contributed by atoms with Crippen molar-refractivity contribution in [2.24, 2.45) is 0 Å². The Hall–Kier alpha value is -3.07. The van der Waals surface area contributed by atoms with Crippen LogP contribution in [0.1, 0.15) is 35.3 Å². The first-order valence-corrected chi connectivity index (χ1v) is 10.4. The van der Waals surface area contributed by atoms with E-state index in [1.807, 2.05) is 26.0 Å². The highest BCUT2D eigenvalue weighted by Gasteiger charge is 2.18.